The van der Waals surface area contributed by atoms with E-state index in [-0.39, 0.29) is 0 Å². The van der Waals surface area contributed by atoms with Gasteiger partial charge in [0.15, 0.2) is 5.96 Å². The molecule has 2 N–H and O–H groups in total. The standard InChI is InChI=1S/C20H38N4O2S/c1-21-19(22-9-5-12-26-18-6-13-25-16-18)23-17-20(7-3-2-4-8-20)24-10-14-27-15-11-24/h18H,2-17H2,1H3,(H2,21,22,23). The smallest absolute Gasteiger partial charge is 0.191 e. The summed E-state index contributed by atoms with van der Waals surface area (Å²) in [5.41, 5.74) is 0.322. The molecule has 1 aliphatic carbocycles. The molecule has 0 bridgehead atoms. The van der Waals surface area contributed by atoms with Crippen molar-refractivity contribution in [2.45, 2.75) is 56.6 Å². The minimum atomic E-state index is 0.302. The van der Waals surface area contributed by atoms with Gasteiger partial charge in [-0.2, -0.15) is 11.8 Å². The van der Waals surface area contributed by atoms with Crippen molar-refractivity contribution < 1.29 is 9.47 Å². The summed E-state index contributed by atoms with van der Waals surface area (Å²) in [6, 6.07) is 0. The SMILES string of the molecule is CN=C(NCCCOC1CCOC1)NCC1(N2CCSCC2)CCCCC1. The Labute approximate surface area is 169 Å². The molecule has 0 aromatic heterocycles. The highest BCUT2D eigenvalue weighted by Gasteiger charge is 2.38. The van der Waals surface area contributed by atoms with Crippen LogP contribution in [0.15, 0.2) is 4.99 Å². The first-order valence-corrected chi connectivity index (χ1v) is 11.9. The van der Waals surface area contributed by atoms with E-state index in [0.29, 0.717) is 11.6 Å². The zero-order chi connectivity index (χ0) is 18.8. The van der Waals surface area contributed by atoms with Crippen LogP contribution in [-0.2, 0) is 9.47 Å². The average molecular weight is 399 g/mol. The van der Waals surface area contributed by atoms with Gasteiger partial charge in [-0.05, 0) is 25.7 Å². The highest BCUT2D eigenvalue weighted by molar-refractivity contribution is 7.99. The third-order valence-electron chi connectivity index (χ3n) is 6.13. The third kappa shape index (κ3) is 6.51. The van der Waals surface area contributed by atoms with Crippen molar-refractivity contribution in [2.24, 2.45) is 4.99 Å². The van der Waals surface area contributed by atoms with E-state index in [2.05, 4.69) is 32.3 Å². The van der Waals surface area contributed by atoms with Crippen LogP contribution in [0.1, 0.15) is 44.9 Å². The lowest BCUT2D eigenvalue weighted by molar-refractivity contribution is 0.0419. The number of guanidine groups is 1. The van der Waals surface area contributed by atoms with E-state index in [1.54, 1.807) is 0 Å². The van der Waals surface area contributed by atoms with Gasteiger partial charge in [-0.1, -0.05) is 19.3 Å². The molecule has 0 aromatic carbocycles. The Morgan fingerprint density at radius 1 is 1.22 bits per heavy atom. The molecule has 0 spiro atoms. The van der Waals surface area contributed by atoms with Gasteiger partial charge in [0, 0.05) is 63.5 Å². The van der Waals surface area contributed by atoms with E-state index in [1.807, 2.05) is 7.05 Å². The highest BCUT2D eigenvalue weighted by Crippen LogP contribution is 2.34. The van der Waals surface area contributed by atoms with Crippen molar-refractivity contribution in [1.29, 1.82) is 0 Å². The maximum absolute atomic E-state index is 5.83. The zero-order valence-corrected chi connectivity index (χ0v) is 17.8. The molecule has 7 heteroatoms. The second kappa shape index (κ2) is 11.5. The first-order valence-electron chi connectivity index (χ1n) is 10.8. The molecule has 0 aromatic rings. The molecule has 1 unspecified atom stereocenters. The van der Waals surface area contributed by atoms with Crippen molar-refractivity contribution in [3.8, 4) is 0 Å². The van der Waals surface area contributed by atoms with Crippen LogP contribution in [0.2, 0.25) is 0 Å². The average Bonchev–Trinajstić information content (AvgIpc) is 3.25. The fourth-order valence-corrected chi connectivity index (χ4v) is 5.40. The van der Waals surface area contributed by atoms with Gasteiger partial charge >= 0.3 is 0 Å². The summed E-state index contributed by atoms with van der Waals surface area (Å²) in [4.78, 5) is 7.20. The predicted molar refractivity (Wildman–Crippen MR) is 114 cm³/mol. The Hall–Kier alpha value is -0.500. The first-order chi connectivity index (χ1) is 13.3. The lowest BCUT2D eigenvalue weighted by atomic mass is 9.80. The van der Waals surface area contributed by atoms with E-state index in [4.69, 9.17) is 9.47 Å². The summed E-state index contributed by atoms with van der Waals surface area (Å²) in [5.74, 6) is 3.48. The van der Waals surface area contributed by atoms with Crippen molar-refractivity contribution in [3.63, 3.8) is 0 Å². The fraction of sp³-hybridized carbons (Fsp3) is 0.950. The van der Waals surface area contributed by atoms with Crippen LogP contribution < -0.4 is 10.6 Å². The van der Waals surface area contributed by atoms with Gasteiger partial charge in [0.1, 0.15) is 0 Å². The van der Waals surface area contributed by atoms with Crippen molar-refractivity contribution in [2.75, 3.05) is 64.6 Å². The quantitative estimate of drug-likeness (QED) is 0.371. The van der Waals surface area contributed by atoms with E-state index < -0.39 is 0 Å². The number of nitrogens with zero attached hydrogens (tertiary/aromatic N) is 2. The van der Waals surface area contributed by atoms with Crippen LogP contribution in [0.3, 0.4) is 0 Å². The van der Waals surface area contributed by atoms with Gasteiger partial charge in [-0.25, -0.2) is 0 Å². The Bertz CT molecular complexity index is 445. The molecule has 1 atom stereocenters. The Balaban J connectivity index is 1.39. The summed E-state index contributed by atoms with van der Waals surface area (Å²) in [5, 5.41) is 7.10. The van der Waals surface area contributed by atoms with E-state index >= 15 is 0 Å². The molecule has 0 radical (unpaired) electrons. The van der Waals surface area contributed by atoms with Gasteiger partial charge in [0.2, 0.25) is 0 Å². The molecule has 0 amide bonds. The molecule has 27 heavy (non-hydrogen) atoms. The van der Waals surface area contributed by atoms with Crippen LogP contribution in [0.25, 0.3) is 0 Å². The third-order valence-corrected chi connectivity index (χ3v) is 7.07. The fourth-order valence-electron chi connectivity index (χ4n) is 4.49. The molecular weight excluding hydrogens is 360 g/mol. The van der Waals surface area contributed by atoms with E-state index in [9.17, 15) is 0 Å². The molecule has 156 valence electrons. The van der Waals surface area contributed by atoms with Gasteiger partial charge in [-0.3, -0.25) is 9.89 Å². The molecular formula is C20H38N4O2S. The lowest BCUT2D eigenvalue weighted by Crippen LogP contribution is -2.59. The summed E-state index contributed by atoms with van der Waals surface area (Å²) in [6.45, 7) is 6.76. The van der Waals surface area contributed by atoms with Gasteiger partial charge in [0.05, 0.1) is 12.7 Å². The highest BCUT2D eigenvalue weighted by atomic mass is 32.2. The van der Waals surface area contributed by atoms with Crippen molar-refractivity contribution >= 4 is 17.7 Å². The molecule has 3 fully saturated rings. The molecule has 3 rings (SSSR count). The van der Waals surface area contributed by atoms with Crippen LogP contribution in [0.4, 0.5) is 0 Å². The second-order valence-electron chi connectivity index (χ2n) is 7.95. The Morgan fingerprint density at radius 3 is 2.74 bits per heavy atom. The maximum atomic E-state index is 5.83. The van der Waals surface area contributed by atoms with Crippen molar-refractivity contribution in [3.05, 3.63) is 0 Å². The topological polar surface area (TPSA) is 58.1 Å². The number of rotatable bonds is 8. The molecule has 2 heterocycles. The van der Waals surface area contributed by atoms with Crippen LogP contribution in [0.5, 0.6) is 0 Å². The number of nitrogens with one attached hydrogen (secondary N) is 2. The molecule has 2 aliphatic heterocycles. The number of hydrogen-bond acceptors (Lipinski definition) is 5. The van der Waals surface area contributed by atoms with E-state index in [1.165, 1.54) is 56.7 Å². The molecule has 3 aliphatic rings. The number of ether oxygens (including phenoxy) is 2. The van der Waals surface area contributed by atoms with Crippen molar-refractivity contribution in [1.82, 2.24) is 15.5 Å². The Morgan fingerprint density at radius 2 is 2.04 bits per heavy atom. The second-order valence-corrected chi connectivity index (χ2v) is 9.17. The monoisotopic (exact) mass is 398 g/mol. The summed E-state index contributed by atoms with van der Waals surface area (Å²) in [7, 11) is 1.87. The van der Waals surface area contributed by atoms with Crippen LogP contribution in [-0.4, -0.2) is 87.1 Å². The number of aliphatic imine (C=N–C) groups is 1. The largest absolute Gasteiger partial charge is 0.379 e. The van der Waals surface area contributed by atoms with Gasteiger partial charge in [-0.15, -0.1) is 0 Å². The Kier molecular flexibility index (Phi) is 9.03. The summed E-state index contributed by atoms with van der Waals surface area (Å²) >= 11 is 2.10. The summed E-state index contributed by atoms with van der Waals surface area (Å²) < 4.78 is 11.2. The van der Waals surface area contributed by atoms with Crippen LogP contribution >= 0.6 is 11.8 Å². The predicted octanol–water partition coefficient (Wildman–Crippen LogP) is 2.10. The zero-order valence-electron chi connectivity index (χ0n) is 17.0. The summed E-state index contributed by atoms with van der Waals surface area (Å²) in [6.07, 6.45) is 9.08. The number of thioether (sulfide) groups is 1. The van der Waals surface area contributed by atoms with E-state index in [0.717, 1.165) is 51.7 Å². The normalized spacial score (nSPS) is 26.9. The van der Waals surface area contributed by atoms with Crippen LogP contribution in [0, 0.1) is 0 Å². The van der Waals surface area contributed by atoms with Gasteiger partial charge in [0.25, 0.3) is 0 Å². The maximum Gasteiger partial charge on any atom is 0.191 e. The molecule has 1 saturated carbocycles. The molecule has 2 saturated heterocycles. The first kappa shape index (κ1) is 21.2. The molecule has 6 nitrogen and oxygen atoms in total. The minimum absolute atomic E-state index is 0.302. The minimum Gasteiger partial charge on any atom is -0.379 e. The van der Waals surface area contributed by atoms with Gasteiger partial charge < -0.3 is 20.1 Å². The lowest BCUT2D eigenvalue weighted by Gasteiger charge is -2.48. The number of hydrogen-bond donors (Lipinski definition) is 2.